The summed E-state index contributed by atoms with van der Waals surface area (Å²) in [5, 5.41) is 5.52. The monoisotopic (exact) mass is 269 g/mol. The lowest BCUT2D eigenvalue weighted by atomic mass is 10.3. The molecule has 2 N–H and O–H groups in total. The molecule has 96 valence electrons. The molecule has 2 aromatic heterocycles. The molecule has 0 atom stereocenters. The average molecular weight is 269 g/mol. The number of H-pyrrole nitrogens is 1. The van der Waals surface area contributed by atoms with Gasteiger partial charge in [-0.05, 0) is 29.8 Å². The fraction of sp³-hybridized carbons (Fsp3) is 0.133. The summed E-state index contributed by atoms with van der Waals surface area (Å²) in [6.07, 6.45) is 1.84. The third-order valence-electron chi connectivity index (χ3n) is 2.98. The number of aromatic nitrogens is 2. The Hall–Kier alpha value is -1.94. The van der Waals surface area contributed by atoms with E-state index in [4.69, 9.17) is 0 Å². The lowest BCUT2D eigenvalue weighted by Gasteiger charge is -2.02. The van der Waals surface area contributed by atoms with E-state index in [0.717, 1.165) is 11.6 Å². The Bertz CT molecular complexity index is 657. The number of rotatable bonds is 4. The first-order valence-electron chi connectivity index (χ1n) is 6.18. The second-order valence-electron chi connectivity index (χ2n) is 4.31. The highest BCUT2D eigenvalue weighted by molar-refractivity contribution is 7.98. The van der Waals surface area contributed by atoms with Crippen molar-refractivity contribution in [2.75, 3.05) is 12.4 Å². The topological polar surface area (TPSA) is 40.7 Å². The maximum Gasteiger partial charge on any atom is 0.125 e. The predicted molar refractivity (Wildman–Crippen MR) is 81.6 cm³/mol. The number of hydrogen-bond donors (Lipinski definition) is 2. The maximum atomic E-state index is 4.22. The largest absolute Gasteiger partial charge is 0.373 e. The predicted octanol–water partition coefficient (Wildman–Crippen LogP) is 3.90. The smallest absolute Gasteiger partial charge is 0.125 e. The molecule has 0 spiro atoms. The molecule has 0 fully saturated rings. The second kappa shape index (κ2) is 5.36. The number of thioether (sulfide) groups is 1. The van der Waals surface area contributed by atoms with Crippen molar-refractivity contribution < 1.29 is 0 Å². The van der Waals surface area contributed by atoms with Gasteiger partial charge in [-0.2, -0.15) is 0 Å². The van der Waals surface area contributed by atoms with E-state index in [1.165, 1.54) is 21.5 Å². The van der Waals surface area contributed by atoms with Gasteiger partial charge in [-0.25, -0.2) is 4.98 Å². The number of nitrogens with zero attached hydrogens (tertiary/aromatic N) is 1. The summed E-state index contributed by atoms with van der Waals surface area (Å²) in [7, 11) is 1.89. The van der Waals surface area contributed by atoms with E-state index >= 15 is 0 Å². The van der Waals surface area contributed by atoms with Gasteiger partial charge in [0.25, 0.3) is 0 Å². The summed E-state index contributed by atoms with van der Waals surface area (Å²) < 4.78 is 0. The molecule has 0 aliphatic heterocycles. The van der Waals surface area contributed by atoms with Crippen LogP contribution in [0.15, 0.2) is 53.7 Å². The molecule has 0 unspecified atom stereocenters. The van der Waals surface area contributed by atoms with Crippen LogP contribution in [0.1, 0.15) is 5.56 Å². The first kappa shape index (κ1) is 12.1. The Morgan fingerprint density at radius 3 is 2.95 bits per heavy atom. The molecule has 3 rings (SSSR count). The number of hydrogen-bond acceptors (Lipinski definition) is 3. The molecule has 3 aromatic rings. The number of benzene rings is 1. The number of aromatic amines is 1. The molecule has 0 saturated heterocycles. The van der Waals surface area contributed by atoms with Crippen LogP contribution >= 0.6 is 11.8 Å². The number of fused-ring (bicyclic) bond motifs is 1. The molecule has 0 amide bonds. The minimum atomic E-state index is 0.912. The standard InChI is InChI=1S/C15H15N3S/c1-16-14-8-11(6-7-17-14)10-19-15-9-12-4-2-3-5-13(12)18-15/h2-9,18H,10H2,1H3,(H,16,17). The van der Waals surface area contributed by atoms with Crippen molar-refractivity contribution in [3.05, 3.63) is 54.2 Å². The molecule has 1 aromatic carbocycles. The molecule has 0 aliphatic carbocycles. The van der Waals surface area contributed by atoms with Gasteiger partial charge in [-0.3, -0.25) is 0 Å². The third-order valence-corrected chi connectivity index (χ3v) is 3.99. The zero-order valence-electron chi connectivity index (χ0n) is 10.7. The SMILES string of the molecule is CNc1cc(CSc2cc3ccccc3[nH]2)ccn1. The zero-order valence-corrected chi connectivity index (χ0v) is 11.5. The summed E-state index contributed by atoms with van der Waals surface area (Å²) in [4.78, 5) is 7.65. The van der Waals surface area contributed by atoms with Crippen molar-refractivity contribution in [1.82, 2.24) is 9.97 Å². The summed E-state index contributed by atoms with van der Waals surface area (Å²) in [6.45, 7) is 0. The lowest BCUT2D eigenvalue weighted by molar-refractivity contribution is 1.22. The van der Waals surface area contributed by atoms with E-state index in [1.54, 1.807) is 0 Å². The van der Waals surface area contributed by atoms with Crippen LogP contribution < -0.4 is 5.32 Å². The summed E-state index contributed by atoms with van der Waals surface area (Å²) in [6, 6.07) is 14.7. The molecular weight excluding hydrogens is 254 g/mol. The Morgan fingerprint density at radius 1 is 1.21 bits per heavy atom. The zero-order chi connectivity index (χ0) is 13.1. The van der Waals surface area contributed by atoms with Gasteiger partial charge in [0.2, 0.25) is 0 Å². The van der Waals surface area contributed by atoms with Crippen LogP contribution in [0.5, 0.6) is 0 Å². The lowest BCUT2D eigenvalue weighted by Crippen LogP contribution is -1.92. The van der Waals surface area contributed by atoms with Crippen molar-refractivity contribution in [3.63, 3.8) is 0 Å². The minimum Gasteiger partial charge on any atom is -0.373 e. The molecule has 19 heavy (non-hydrogen) atoms. The minimum absolute atomic E-state index is 0.912. The van der Waals surface area contributed by atoms with Crippen LogP contribution in [0.4, 0.5) is 5.82 Å². The van der Waals surface area contributed by atoms with Crippen molar-refractivity contribution in [3.8, 4) is 0 Å². The summed E-state index contributed by atoms with van der Waals surface area (Å²) in [5.74, 6) is 1.85. The van der Waals surface area contributed by atoms with Gasteiger partial charge in [0.05, 0.1) is 5.03 Å². The van der Waals surface area contributed by atoms with Crippen molar-refractivity contribution >= 4 is 28.5 Å². The Kier molecular flexibility index (Phi) is 3.42. The van der Waals surface area contributed by atoms with Gasteiger partial charge in [-0.15, -0.1) is 11.8 Å². The number of nitrogens with one attached hydrogen (secondary N) is 2. The first-order chi connectivity index (χ1) is 9.35. The van der Waals surface area contributed by atoms with Crippen LogP contribution in [-0.4, -0.2) is 17.0 Å². The quantitative estimate of drug-likeness (QED) is 0.706. The van der Waals surface area contributed by atoms with Crippen molar-refractivity contribution in [2.24, 2.45) is 0 Å². The third kappa shape index (κ3) is 2.74. The van der Waals surface area contributed by atoms with Gasteiger partial charge in [0.15, 0.2) is 0 Å². The van der Waals surface area contributed by atoms with E-state index in [1.807, 2.05) is 25.0 Å². The fourth-order valence-corrected chi connectivity index (χ4v) is 2.88. The van der Waals surface area contributed by atoms with Crippen LogP contribution in [0, 0.1) is 0 Å². The van der Waals surface area contributed by atoms with Crippen LogP contribution in [0.2, 0.25) is 0 Å². The van der Waals surface area contributed by atoms with Crippen LogP contribution in [0.25, 0.3) is 10.9 Å². The summed E-state index contributed by atoms with van der Waals surface area (Å²) in [5.41, 5.74) is 2.46. The van der Waals surface area contributed by atoms with Gasteiger partial charge in [0, 0.05) is 29.9 Å². The fourth-order valence-electron chi connectivity index (χ4n) is 1.99. The normalized spacial score (nSPS) is 10.8. The Morgan fingerprint density at radius 2 is 2.11 bits per heavy atom. The van der Waals surface area contributed by atoms with Crippen molar-refractivity contribution in [1.29, 1.82) is 0 Å². The molecule has 0 saturated carbocycles. The molecule has 3 nitrogen and oxygen atoms in total. The Balaban J connectivity index is 1.74. The first-order valence-corrected chi connectivity index (χ1v) is 7.17. The highest BCUT2D eigenvalue weighted by Gasteiger charge is 2.02. The van der Waals surface area contributed by atoms with Crippen LogP contribution in [-0.2, 0) is 5.75 Å². The van der Waals surface area contributed by atoms with E-state index in [2.05, 4.69) is 57.7 Å². The van der Waals surface area contributed by atoms with Gasteiger partial charge in [-0.1, -0.05) is 18.2 Å². The molecule has 0 aliphatic rings. The Labute approximate surface area is 116 Å². The average Bonchev–Trinajstić information content (AvgIpc) is 2.88. The van der Waals surface area contributed by atoms with E-state index < -0.39 is 0 Å². The van der Waals surface area contributed by atoms with E-state index in [0.29, 0.717) is 0 Å². The maximum absolute atomic E-state index is 4.22. The molecular formula is C15H15N3S. The van der Waals surface area contributed by atoms with E-state index in [-0.39, 0.29) is 0 Å². The molecule has 4 heteroatoms. The molecule has 0 bridgehead atoms. The highest BCUT2D eigenvalue weighted by Crippen LogP contribution is 2.26. The second-order valence-corrected chi connectivity index (χ2v) is 5.33. The molecule has 0 radical (unpaired) electrons. The van der Waals surface area contributed by atoms with E-state index in [9.17, 15) is 0 Å². The molecule has 2 heterocycles. The van der Waals surface area contributed by atoms with Crippen molar-refractivity contribution in [2.45, 2.75) is 10.8 Å². The van der Waals surface area contributed by atoms with Crippen LogP contribution in [0.3, 0.4) is 0 Å². The summed E-state index contributed by atoms with van der Waals surface area (Å²) >= 11 is 1.81. The number of anilines is 1. The van der Waals surface area contributed by atoms with Gasteiger partial charge < -0.3 is 10.3 Å². The highest BCUT2D eigenvalue weighted by atomic mass is 32.2. The van der Waals surface area contributed by atoms with Gasteiger partial charge >= 0.3 is 0 Å². The number of pyridine rings is 1. The van der Waals surface area contributed by atoms with Gasteiger partial charge in [0.1, 0.15) is 5.82 Å². The number of para-hydroxylation sites is 1.